The van der Waals surface area contributed by atoms with Gasteiger partial charge in [0.2, 0.25) is 17.7 Å². The molecule has 0 aliphatic rings. The molecule has 0 bridgehead atoms. The summed E-state index contributed by atoms with van der Waals surface area (Å²) in [7, 11) is -2.61. The van der Waals surface area contributed by atoms with Gasteiger partial charge in [-0.15, -0.1) is 0 Å². The Balaban J connectivity index is 1.53. The molecule has 42 heavy (non-hydrogen) atoms. The fraction of sp³-hybridized carbons (Fsp3) is 0.167. The van der Waals surface area contributed by atoms with Crippen LogP contribution < -0.4 is 4.72 Å². The summed E-state index contributed by atoms with van der Waals surface area (Å²) in [6, 6.07) is 14.6. The Morgan fingerprint density at radius 3 is 2.50 bits per heavy atom. The largest absolute Gasteiger partial charge is 0.445 e. The molecule has 12 heteroatoms. The first-order valence-electron chi connectivity index (χ1n) is 12.8. The molecule has 2 aromatic heterocycles. The van der Waals surface area contributed by atoms with Crippen LogP contribution in [-0.2, 0) is 27.8 Å². The summed E-state index contributed by atoms with van der Waals surface area (Å²) in [4.78, 5) is 18.6. The van der Waals surface area contributed by atoms with Crippen LogP contribution in [-0.4, -0.2) is 36.4 Å². The number of carbonyl (C=O) groups excluding carboxylic acids is 1. The molecule has 1 N–H and O–H groups in total. The Morgan fingerprint density at radius 2 is 1.79 bits per heavy atom. The second-order valence-corrected chi connectivity index (χ2v) is 11.3. The van der Waals surface area contributed by atoms with E-state index in [2.05, 4.69) is 14.9 Å². The number of oxazole rings is 1. The average Bonchev–Trinajstić information content (AvgIpc) is 3.61. The number of aromatic nitrogens is 2. The molecule has 3 aromatic carbocycles. The molecule has 0 aliphatic carbocycles. The summed E-state index contributed by atoms with van der Waals surface area (Å²) in [5.74, 6) is -1.46. The van der Waals surface area contributed by atoms with Gasteiger partial charge < -0.3 is 13.8 Å². The molecule has 0 radical (unpaired) electrons. The number of hydrogen-bond donors (Lipinski definition) is 1. The molecule has 2 heterocycles. The lowest BCUT2D eigenvalue weighted by molar-refractivity contribution is -0.129. The molecule has 0 saturated carbocycles. The lowest BCUT2D eigenvalue weighted by atomic mass is 9.96. The van der Waals surface area contributed by atoms with Gasteiger partial charge >= 0.3 is 0 Å². The first-order valence-corrected chi connectivity index (χ1v) is 14.3. The highest BCUT2D eigenvalue weighted by molar-refractivity contribution is 7.92. The zero-order valence-electron chi connectivity index (χ0n) is 22.9. The molecule has 5 rings (SSSR count). The lowest BCUT2D eigenvalue weighted by Gasteiger charge is -2.21. The maximum Gasteiger partial charge on any atom is 0.264 e. The van der Waals surface area contributed by atoms with E-state index in [1.165, 1.54) is 30.5 Å². The van der Waals surface area contributed by atoms with Gasteiger partial charge in [-0.05, 0) is 61.4 Å². The summed E-state index contributed by atoms with van der Waals surface area (Å²) < 4.78 is 68.1. The van der Waals surface area contributed by atoms with Gasteiger partial charge in [0.1, 0.15) is 17.9 Å². The standard InChI is InChI=1S/C30H26F2N4O5S/c1-18-19(2)34-41-29(18)35-42(38,39)27-7-5-4-6-25(27)24-10-8-20(30-33-12-13-40-30)14-22(24)17-36(3)28(37)16-21-15-23(31)9-11-26(21)32/h4-15,35H,16-17H2,1-3H3. The molecule has 0 unspecified atom stereocenters. The second kappa shape index (κ2) is 11.6. The van der Waals surface area contributed by atoms with Crippen molar-refractivity contribution >= 4 is 21.8 Å². The van der Waals surface area contributed by atoms with Crippen molar-refractivity contribution in [2.24, 2.45) is 0 Å². The van der Waals surface area contributed by atoms with Crippen molar-refractivity contribution in [3.8, 4) is 22.6 Å². The fourth-order valence-corrected chi connectivity index (χ4v) is 5.69. The zero-order chi connectivity index (χ0) is 30.0. The average molecular weight is 593 g/mol. The number of halogens is 2. The number of rotatable bonds is 9. The molecule has 0 spiro atoms. The quantitative estimate of drug-likeness (QED) is 0.227. The highest BCUT2D eigenvalue weighted by Gasteiger charge is 2.25. The number of likely N-dealkylation sites (N-methyl/N-ethyl adjacent to an activating group) is 1. The van der Waals surface area contributed by atoms with E-state index in [4.69, 9.17) is 8.94 Å². The minimum Gasteiger partial charge on any atom is -0.445 e. The Bertz CT molecular complexity index is 1870. The molecule has 9 nitrogen and oxygen atoms in total. The van der Waals surface area contributed by atoms with Gasteiger partial charge in [-0.3, -0.25) is 4.79 Å². The van der Waals surface area contributed by atoms with Crippen LogP contribution in [0, 0.1) is 25.5 Å². The van der Waals surface area contributed by atoms with Crippen molar-refractivity contribution in [1.82, 2.24) is 15.0 Å². The van der Waals surface area contributed by atoms with E-state index in [0.29, 0.717) is 39.4 Å². The number of anilines is 1. The predicted molar refractivity (Wildman–Crippen MR) is 151 cm³/mol. The van der Waals surface area contributed by atoms with E-state index in [1.54, 1.807) is 50.2 Å². The molecule has 0 atom stereocenters. The minimum absolute atomic E-state index is 0.0108. The van der Waals surface area contributed by atoms with Crippen LogP contribution in [0.3, 0.4) is 0 Å². The van der Waals surface area contributed by atoms with Gasteiger partial charge in [-0.1, -0.05) is 29.4 Å². The summed E-state index contributed by atoms with van der Waals surface area (Å²) in [6.07, 6.45) is 2.55. The van der Waals surface area contributed by atoms with E-state index in [1.807, 2.05) is 0 Å². The fourth-order valence-electron chi connectivity index (χ4n) is 4.42. The van der Waals surface area contributed by atoms with E-state index in [9.17, 15) is 22.0 Å². The predicted octanol–water partition coefficient (Wildman–Crippen LogP) is 5.89. The van der Waals surface area contributed by atoms with E-state index >= 15 is 0 Å². The van der Waals surface area contributed by atoms with Crippen LogP contribution in [0.25, 0.3) is 22.6 Å². The Kier molecular flexibility index (Phi) is 7.90. The maximum atomic E-state index is 14.2. The monoisotopic (exact) mass is 592 g/mol. The van der Waals surface area contributed by atoms with Crippen LogP contribution in [0.1, 0.15) is 22.4 Å². The Morgan fingerprint density at radius 1 is 1.00 bits per heavy atom. The van der Waals surface area contributed by atoms with Gasteiger partial charge in [-0.2, -0.15) is 0 Å². The number of carbonyl (C=O) groups is 1. The first kappa shape index (κ1) is 28.7. The lowest BCUT2D eigenvalue weighted by Crippen LogP contribution is -2.28. The third-order valence-corrected chi connectivity index (χ3v) is 8.21. The Labute approximate surface area is 240 Å². The van der Waals surface area contributed by atoms with Crippen molar-refractivity contribution in [2.45, 2.75) is 31.7 Å². The molecule has 0 fully saturated rings. The topological polar surface area (TPSA) is 119 Å². The number of nitrogens with zero attached hydrogens (tertiary/aromatic N) is 3. The number of amides is 1. The summed E-state index contributed by atoms with van der Waals surface area (Å²) in [6.45, 7) is 3.41. The normalized spacial score (nSPS) is 11.5. The van der Waals surface area contributed by atoms with Gasteiger partial charge in [0.15, 0.2) is 0 Å². The summed E-state index contributed by atoms with van der Waals surface area (Å²) in [5.41, 5.74) is 3.09. The molecular weight excluding hydrogens is 566 g/mol. The van der Waals surface area contributed by atoms with Crippen LogP contribution >= 0.6 is 0 Å². The van der Waals surface area contributed by atoms with E-state index in [0.717, 1.165) is 18.2 Å². The van der Waals surface area contributed by atoms with Crippen molar-refractivity contribution in [1.29, 1.82) is 0 Å². The van der Waals surface area contributed by atoms with Crippen LogP contribution in [0.5, 0.6) is 0 Å². The number of sulfonamides is 1. The second-order valence-electron chi connectivity index (χ2n) is 9.70. The smallest absolute Gasteiger partial charge is 0.264 e. The van der Waals surface area contributed by atoms with Crippen molar-refractivity contribution in [3.63, 3.8) is 0 Å². The van der Waals surface area contributed by atoms with Gasteiger partial charge in [0.25, 0.3) is 10.0 Å². The summed E-state index contributed by atoms with van der Waals surface area (Å²) in [5, 5.41) is 3.81. The Hall–Kier alpha value is -4.84. The van der Waals surface area contributed by atoms with Crippen molar-refractivity contribution in [2.75, 3.05) is 11.8 Å². The van der Waals surface area contributed by atoms with Crippen LogP contribution in [0.2, 0.25) is 0 Å². The third kappa shape index (κ3) is 5.93. The SMILES string of the molecule is Cc1noc(NS(=O)(=O)c2ccccc2-c2ccc(-c3ncco3)cc2CN(C)C(=O)Cc2cc(F)ccc2F)c1C. The molecule has 216 valence electrons. The molecule has 0 saturated heterocycles. The van der Waals surface area contributed by atoms with Crippen molar-refractivity contribution < 1.29 is 30.9 Å². The van der Waals surface area contributed by atoms with Crippen LogP contribution in [0.4, 0.5) is 14.7 Å². The molecule has 5 aromatic rings. The van der Waals surface area contributed by atoms with Crippen LogP contribution in [0.15, 0.2) is 87.0 Å². The van der Waals surface area contributed by atoms with Gasteiger partial charge in [0, 0.05) is 35.8 Å². The molecule has 0 aliphatic heterocycles. The number of benzene rings is 3. The number of hydrogen-bond acceptors (Lipinski definition) is 7. The number of nitrogens with one attached hydrogen (secondary N) is 1. The van der Waals surface area contributed by atoms with Gasteiger partial charge in [-0.25, -0.2) is 26.9 Å². The highest BCUT2D eigenvalue weighted by Crippen LogP contribution is 2.34. The molecule has 1 amide bonds. The molecular formula is C30H26F2N4O5S. The first-order chi connectivity index (χ1) is 20.0. The maximum absolute atomic E-state index is 14.2. The number of aryl methyl sites for hydroxylation is 1. The van der Waals surface area contributed by atoms with Crippen molar-refractivity contribution in [3.05, 3.63) is 107 Å². The van der Waals surface area contributed by atoms with E-state index < -0.39 is 27.6 Å². The zero-order valence-corrected chi connectivity index (χ0v) is 23.7. The van der Waals surface area contributed by atoms with E-state index in [-0.39, 0.29) is 29.3 Å². The minimum atomic E-state index is -4.14. The third-order valence-electron chi connectivity index (χ3n) is 6.82. The summed E-state index contributed by atoms with van der Waals surface area (Å²) >= 11 is 0. The van der Waals surface area contributed by atoms with Gasteiger partial charge in [0.05, 0.1) is 23.2 Å². The highest BCUT2D eigenvalue weighted by atomic mass is 32.2.